The molecule has 0 radical (unpaired) electrons. The van der Waals surface area contributed by atoms with Gasteiger partial charge in [-0.15, -0.1) is 0 Å². The highest BCUT2D eigenvalue weighted by Gasteiger charge is 2.43. The molecule has 68 heavy (non-hydrogen) atoms. The highest BCUT2D eigenvalue weighted by atomic mass is 28.3. The van der Waals surface area contributed by atoms with Crippen LogP contribution in [0.1, 0.15) is 0 Å². The number of para-hydroxylation sites is 1. The summed E-state index contributed by atoms with van der Waals surface area (Å²) in [5, 5.41) is 7.75. The molecule has 0 bridgehead atoms. The SMILES string of the molecule is c1ccc(-c2cccc([Si](c3ccccc3)(c3cccc(-c4ccccc4)c3)c3cc(-c4ccccc4)c(-n4c5ccccc5c5cc(-c6ccccc6)ccc54)c(-c4ccccc4)c3)c2)cc1. The smallest absolute Gasteiger partial charge is 0.179 e. The number of fused-ring (bicyclic) bond motifs is 3. The Labute approximate surface area is 399 Å². The average Bonchev–Trinajstić information content (AvgIpc) is 3.76. The fraction of sp³-hybridized carbons (Fsp3) is 0. The normalized spacial score (nSPS) is 11.5. The molecule has 0 amide bonds. The van der Waals surface area contributed by atoms with Gasteiger partial charge in [-0.1, -0.05) is 267 Å². The summed E-state index contributed by atoms with van der Waals surface area (Å²) in [6, 6.07) is 106. The van der Waals surface area contributed by atoms with Crippen molar-refractivity contribution in [2.45, 2.75) is 0 Å². The van der Waals surface area contributed by atoms with Crippen molar-refractivity contribution < 1.29 is 0 Å². The van der Waals surface area contributed by atoms with E-state index in [2.05, 4.69) is 290 Å². The summed E-state index contributed by atoms with van der Waals surface area (Å²) in [7, 11) is -3.23. The molecule has 11 aromatic carbocycles. The summed E-state index contributed by atoms with van der Waals surface area (Å²) >= 11 is 0. The Bertz CT molecular complexity index is 3550. The molecule has 1 heterocycles. The van der Waals surface area contributed by atoms with Gasteiger partial charge in [0.25, 0.3) is 0 Å². The number of hydrogen-bond donors (Lipinski definition) is 0. The van der Waals surface area contributed by atoms with Crippen molar-refractivity contribution in [2.24, 2.45) is 0 Å². The maximum atomic E-state index is 2.57. The van der Waals surface area contributed by atoms with E-state index < -0.39 is 8.07 Å². The third kappa shape index (κ3) is 7.20. The summed E-state index contributed by atoms with van der Waals surface area (Å²) < 4.78 is 2.55. The van der Waals surface area contributed by atoms with Gasteiger partial charge in [0, 0.05) is 21.9 Å². The van der Waals surface area contributed by atoms with Crippen LogP contribution < -0.4 is 20.7 Å². The monoisotopic (exact) mass is 881 g/mol. The van der Waals surface area contributed by atoms with Crippen LogP contribution >= 0.6 is 0 Å². The predicted octanol–water partition coefficient (Wildman–Crippen LogP) is 14.5. The molecule has 0 spiro atoms. The highest BCUT2D eigenvalue weighted by Crippen LogP contribution is 2.42. The van der Waals surface area contributed by atoms with Gasteiger partial charge < -0.3 is 4.57 Å². The third-order valence-corrected chi connectivity index (χ3v) is 18.4. The van der Waals surface area contributed by atoms with Crippen LogP contribution in [0.3, 0.4) is 0 Å². The van der Waals surface area contributed by atoms with Crippen LogP contribution in [0.2, 0.25) is 0 Å². The first-order valence-electron chi connectivity index (χ1n) is 23.5. The lowest BCUT2D eigenvalue weighted by molar-refractivity contribution is 1.18. The molecule has 12 rings (SSSR count). The molecule has 0 fully saturated rings. The third-order valence-electron chi connectivity index (χ3n) is 13.7. The van der Waals surface area contributed by atoms with Crippen molar-refractivity contribution in [3.05, 3.63) is 285 Å². The second-order valence-electron chi connectivity index (χ2n) is 17.6. The minimum absolute atomic E-state index is 1.16. The zero-order valence-electron chi connectivity index (χ0n) is 37.6. The van der Waals surface area contributed by atoms with Gasteiger partial charge in [-0.25, -0.2) is 0 Å². The largest absolute Gasteiger partial charge is 0.308 e. The maximum Gasteiger partial charge on any atom is 0.179 e. The first-order chi connectivity index (χ1) is 33.7. The number of nitrogens with zero attached hydrogens (tertiary/aromatic N) is 1. The van der Waals surface area contributed by atoms with Gasteiger partial charge in [0.15, 0.2) is 8.07 Å². The van der Waals surface area contributed by atoms with Crippen molar-refractivity contribution >= 4 is 50.6 Å². The van der Waals surface area contributed by atoms with Gasteiger partial charge in [-0.3, -0.25) is 0 Å². The Morgan fingerprint density at radius 1 is 0.221 bits per heavy atom. The Balaban J connectivity index is 1.24. The molecule has 0 aliphatic carbocycles. The molecule has 0 atom stereocenters. The van der Waals surface area contributed by atoms with Gasteiger partial charge in [0.05, 0.1) is 16.7 Å². The van der Waals surface area contributed by atoms with Gasteiger partial charge >= 0.3 is 0 Å². The molecule has 1 nitrogen and oxygen atoms in total. The summed E-state index contributed by atoms with van der Waals surface area (Å²) in [5.74, 6) is 0. The van der Waals surface area contributed by atoms with E-state index in [1.807, 2.05) is 0 Å². The summed E-state index contributed by atoms with van der Waals surface area (Å²) in [4.78, 5) is 0. The minimum atomic E-state index is -3.23. The van der Waals surface area contributed by atoms with Crippen molar-refractivity contribution in [3.63, 3.8) is 0 Å². The van der Waals surface area contributed by atoms with E-state index in [1.54, 1.807) is 0 Å². The second-order valence-corrected chi connectivity index (χ2v) is 21.4. The van der Waals surface area contributed by atoms with Crippen molar-refractivity contribution in [3.8, 4) is 61.3 Å². The first kappa shape index (κ1) is 40.9. The van der Waals surface area contributed by atoms with Crippen molar-refractivity contribution in [1.82, 2.24) is 4.57 Å². The first-order valence-corrected chi connectivity index (χ1v) is 25.5. The summed E-state index contributed by atoms with van der Waals surface area (Å²) in [6.45, 7) is 0. The molecule has 2 heteroatoms. The molecule has 0 saturated heterocycles. The number of rotatable bonds is 10. The van der Waals surface area contributed by atoms with Crippen molar-refractivity contribution in [2.75, 3.05) is 0 Å². The topological polar surface area (TPSA) is 4.93 Å². The fourth-order valence-corrected chi connectivity index (χ4v) is 15.5. The lowest BCUT2D eigenvalue weighted by Gasteiger charge is -2.36. The fourth-order valence-electron chi connectivity index (χ4n) is 10.6. The van der Waals surface area contributed by atoms with Crippen molar-refractivity contribution in [1.29, 1.82) is 0 Å². The molecular weight excluding hydrogens is 835 g/mol. The molecule has 0 unspecified atom stereocenters. The van der Waals surface area contributed by atoms with E-state index in [0.717, 1.165) is 5.69 Å². The highest BCUT2D eigenvalue weighted by molar-refractivity contribution is 7.20. The number of aromatic nitrogens is 1. The Morgan fingerprint density at radius 2 is 0.588 bits per heavy atom. The Kier molecular flexibility index (Phi) is 10.6. The predicted molar refractivity (Wildman–Crippen MR) is 292 cm³/mol. The van der Waals surface area contributed by atoms with Crippen LogP contribution in [0.5, 0.6) is 0 Å². The van der Waals surface area contributed by atoms with Gasteiger partial charge in [-0.2, -0.15) is 0 Å². The van der Waals surface area contributed by atoms with Gasteiger partial charge in [0.2, 0.25) is 0 Å². The van der Waals surface area contributed by atoms with Gasteiger partial charge in [-0.05, 0) is 83.5 Å². The van der Waals surface area contributed by atoms with Gasteiger partial charge in [0.1, 0.15) is 0 Å². The summed E-state index contributed by atoms with van der Waals surface area (Å²) in [5.41, 5.74) is 15.4. The van der Waals surface area contributed by atoms with E-state index in [1.165, 1.54) is 98.2 Å². The number of benzene rings is 11. The Hall–Kier alpha value is -8.56. The van der Waals surface area contributed by atoms with E-state index in [4.69, 9.17) is 0 Å². The van der Waals surface area contributed by atoms with E-state index in [-0.39, 0.29) is 0 Å². The lowest BCUT2D eigenvalue weighted by Crippen LogP contribution is -2.74. The zero-order valence-corrected chi connectivity index (χ0v) is 38.6. The van der Waals surface area contributed by atoms with Crippen LogP contribution in [0, 0.1) is 0 Å². The quantitative estimate of drug-likeness (QED) is 0.0953. The molecule has 0 aliphatic rings. The van der Waals surface area contributed by atoms with Crippen LogP contribution in [0.4, 0.5) is 0 Å². The molecular formula is C66H47NSi. The van der Waals surface area contributed by atoms with Crippen LogP contribution in [-0.2, 0) is 0 Å². The molecule has 12 aromatic rings. The molecule has 0 saturated carbocycles. The molecule has 320 valence electrons. The molecule has 1 aromatic heterocycles. The standard InChI is InChI=1S/C66H47NSi/c1-7-23-48(24-8-1)53-33-21-37-57(43-53)68(56-35-17-6-18-36-56,58-38-22-34-54(44-58)49-25-9-2-10-26-49)59-46-61(51-29-13-4-14-30-51)66(62(47-59)52-31-15-5-16-32-52)67-64-40-20-19-39-60(64)63-45-55(41-42-65(63)67)50-27-11-3-12-28-50/h1-47H. The van der Waals surface area contributed by atoms with E-state index >= 15 is 0 Å². The lowest BCUT2D eigenvalue weighted by atomic mass is 9.95. The number of hydrogen-bond acceptors (Lipinski definition) is 0. The van der Waals surface area contributed by atoms with Crippen LogP contribution in [0.15, 0.2) is 285 Å². The Morgan fingerprint density at radius 3 is 1.07 bits per heavy atom. The zero-order chi connectivity index (χ0) is 45.3. The minimum Gasteiger partial charge on any atom is -0.308 e. The van der Waals surface area contributed by atoms with E-state index in [9.17, 15) is 0 Å². The second kappa shape index (κ2) is 17.7. The molecule has 0 N–H and O–H groups in total. The average molecular weight is 882 g/mol. The van der Waals surface area contributed by atoms with E-state index in [0.29, 0.717) is 0 Å². The molecule has 0 aliphatic heterocycles. The maximum absolute atomic E-state index is 3.23. The van der Waals surface area contributed by atoms with Crippen LogP contribution in [-0.4, -0.2) is 12.6 Å². The summed E-state index contributed by atoms with van der Waals surface area (Å²) in [6.07, 6.45) is 0. The van der Waals surface area contributed by atoms with Crippen LogP contribution in [0.25, 0.3) is 83.1 Å².